The largest absolute Gasteiger partial charge is 0.187 e. The molecule has 0 saturated carbocycles. The molecule has 0 N–H and O–H groups in total. The summed E-state index contributed by atoms with van der Waals surface area (Å²) >= 11 is 15.2. The van der Waals surface area contributed by atoms with Gasteiger partial charge in [0.2, 0.25) is 0 Å². The zero-order chi connectivity index (χ0) is 9.33. The Morgan fingerprint density at radius 1 is 0.909 bits per heavy atom. The number of alkyl halides is 3. The Bertz CT molecular complexity index is 56.2. The van der Waals surface area contributed by atoms with E-state index in [9.17, 15) is 0 Å². The Morgan fingerprint density at radius 3 is 1.18 bits per heavy atom. The molecule has 0 aliphatic heterocycles. The zero-order valence-corrected chi connectivity index (χ0v) is 9.73. The van der Waals surface area contributed by atoms with E-state index in [-0.39, 0.29) is 0 Å². The monoisotopic (exact) mass is 218 g/mol. The summed E-state index contributed by atoms with van der Waals surface area (Å²) < 4.78 is -1.08. The van der Waals surface area contributed by atoms with Crippen LogP contribution in [0, 0.1) is 0 Å². The minimum absolute atomic E-state index is 1.08. The molecule has 0 rings (SSSR count). The number of halogens is 3. The maximum Gasteiger partial charge on any atom is 0.187 e. The van der Waals surface area contributed by atoms with E-state index >= 15 is 0 Å². The Kier molecular flexibility index (Phi) is 11.7. The van der Waals surface area contributed by atoms with Gasteiger partial charge in [-0.2, -0.15) is 0 Å². The third kappa shape index (κ3) is 57.1. The van der Waals surface area contributed by atoms with Gasteiger partial charge in [0.1, 0.15) is 0 Å². The Balaban J connectivity index is 0. The molecule has 0 radical (unpaired) electrons. The van der Waals surface area contributed by atoms with Crippen molar-refractivity contribution in [1.29, 1.82) is 0 Å². The topological polar surface area (TPSA) is 0 Å². The summed E-state index contributed by atoms with van der Waals surface area (Å²) in [6.07, 6.45) is 5.54. The zero-order valence-electron chi connectivity index (χ0n) is 7.46. The average molecular weight is 220 g/mol. The van der Waals surface area contributed by atoms with Crippen molar-refractivity contribution < 1.29 is 0 Å². The molecule has 0 unspecified atom stereocenters. The molecule has 11 heavy (non-hydrogen) atoms. The molecule has 0 aromatic heterocycles. The van der Waals surface area contributed by atoms with Crippen molar-refractivity contribution in [3.05, 3.63) is 0 Å². The Hall–Kier alpha value is 0.870. The van der Waals surface area contributed by atoms with Crippen LogP contribution in [0.25, 0.3) is 0 Å². The highest BCUT2D eigenvalue weighted by molar-refractivity contribution is 6.67. The molecule has 0 fully saturated rings. The molecule has 0 spiro atoms. The van der Waals surface area contributed by atoms with Crippen molar-refractivity contribution in [3.8, 4) is 0 Å². The highest BCUT2D eigenvalue weighted by atomic mass is 35.6. The molecule has 70 valence electrons. The van der Waals surface area contributed by atoms with Crippen LogP contribution in [0.15, 0.2) is 0 Å². The fourth-order valence-corrected chi connectivity index (χ4v) is 0.500. The lowest BCUT2D eigenvalue weighted by Crippen LogP contribution is -1.87. The maximum absolute atomic E-state index is 5.06. The molecule has 0 nitrogen and oxygen atoms in total. The molecular weight excluding hydrogens is 202 g/mol. The van der Waals surface area contributed by atoms with Crippen molar-refractivity contribution in [2.75, 3.05) is 0 Å². The van der Waals surface area contributed by atoms with Crippen LogP contribution >= 0.6 is 34.8 Å². The van der Waals surface area contributed by atoms with Crippen molar-refractivity contribution in [2.45, 2.75) is 50.2 Å². The predicted molar refractivity (Wildman–Crippen MR) is 55.8 cm³/mol. The lowest BCUT2D eigenvalue weighted by Gasteiger charge is -1.94. The first-order chi connectivity index (χ1) is 4.91. The van der Waals surface area contributed by atoms with Crippen LogP contribution in [0.3, 0.4) is 0 Å². The molecule has 0 aromatic carbocycles. The lowest BCUT2D eigenvalue weighted by atomic mass is 10.2. The molecule has 0 heterocycles. The fraction of sp³-hybridized carbons (Fsp3) is 1.00. The summed E-state index contributed by atoms with van der Waals surface area (Å²) in [5.74, 6) is 0. The summed E-state index contributed by atoms with van der Waals surface area (Å²) in [4.78, 5) is 0. The van der Waals surface area contributed by atoms with Gasteiger partial charge in [-0.3, -0.25) is 0 Å². The smallest absolute Gasteiger partial charge is 0.0840 e. The normalized spacial score (nSPS) is 10.4. The van der Waals surface area contributed by atoms with E-state index in [0.29, 0.717) is 0 Å². The second-order valence-corrected chi connectivity index (χ2v) is 5.34. The van der Waals surface area contributed by atoms with Crippen molar-refractivity contribution >= 4 is 34.8 Å². The highest BCUT2D eigenvalue weighted by Gasteiger charge is 2.07. The molecular formula is C8H17Cl3. The van der Waals surface area contributed by atoms with Gasteiger partial charge in [-0.1, -0.05) is 74.3 Å². The van der Waals surface area contributed by atoms with Gasteiger partial charge in [0, 0.05) is 0 Å². The third-order valence-corrected chi connectivity index (χ3v) is 0.957. The second kappa shape index (κ2) is 8.96. The van der Waals surface area contributed by atoms with Crippen LogP contribution in [0.4, 0.5) is 0 Å². The quantitative estimate of drug-likeness (QED) is 0.465. The number of hydrogen-bond acceptors (Lipinski definition) is 0. The van der Waals surface area contributed by atoms with Crippen molar-refractivity contribution in [1.82, 2.24) is 0 Å². The van der Waals surface area contributed by atoms with Gasteiger partial charge in [-0.25, -0.2) is 0 Å². The van der Waals surface area contributed by atoms with Crippen molar-refractivity contribution in [3.63, 3.8) is 0 Å². The van der Waals surface area contributed by atoms with Gasteiger partial charge in [0.05, 0.1) is 0 Å². The van der Waals surface area contributed by atoms with Crippen molar-refractivity contribution in [2.24, 2.45) is 0 Å². The first-order valence-electron chi connectivity index (χ1n) is 3.98. The molecule has 0 saturated heterocycles. The first-order valence-corrected chi connectivity index (χ1v) is 5.12. The van der Waals surface area contributed by atoms with Gasteiger partial charge in [0.15, 0.2) is 3.79 Å². The first kappa shape index (κ1) is 14.4. The molecule has 0 aliphatic carbocycles. The summed E-state index contributed by atoms with van der Waals surface area (Å²) in [7, 11) is 0. The van der Waals surface area contributed by atoms with Gasteiger partial charge in [0.25, 0.3) is 0 Å². The molecule has 0 atom stereocenters. The van der Waals surface area contributed by atoms with Gasteiger partial charge < -0.3 is 0 Å². The Labute approximate surface area is 85.2 Å². The van der Waals surface area contributed by atoms with Gasteiger partial charge >= 0.3 is 0 Å². The SMILES string of the molecule is CC(Cl)(Cl)Cl.CCCCCC. The van der Waals surface area contributed by atoms with E-state index in [1.807, 2.05) is 0 Å². The summed E-state index contributed by atoms with van der Waals surface area (Å²) in [6, 6.07) is 0. The van der Waals surface area contributed by atoms with Gasteiger partial charge in [-0.05, 0) is 6.92 Å². The number of unbranched alkanes of at least 4 members (excludes halogenated alkanes) is 3. The van der Waals surface area contributed by atoms with Crippen LogP contribution in [-0.4, -0.2) is 3.79 Å². The number of rotatable bonds is 3. The minimum atomic E-state index is -1.08. The van der Waals surface area contributed by atoms with E-state index < -0.39 is 3.79 Å². The van der Waals surface area contributed by atoms with Gasteiger partial charge in [-0.15, -0.1) is 0 Å². The summed E-state index contributed by atoms with van der Waals surface area (Å²) in [5, 5.41) is 0. The molecule has 0 amide bonds. The van der Waals surface area contributed by atoms with E-state index in [0.717, 1.165) is 0 Å². The summed E-state index contributed by atoms with van der Waals surface area (Å²) in [6.45, 7) is 5.95. The predicted octanol–water partition coefficient (Wildman–Crippen LogP) is 4.96. The lowest BCUT2D eigenvalue weighted by molar-refractivity contribution is 0.702. The second-order valence-electron chi connectivity index (χ2n) is 2.49. The Morgan fingerprint density at radius 2 is 1.09 bits per heavy atom. The van der Waals surface area contributed by atoms with E-state index in [2.05, 4.69) is 13.8 Å². The van der Waals surface area contributed by atoms with Crippen LogP contribution in [-0.2, 0) is 0 Å². The fourth-order valence-electron chi connectivity index (χ4n) is 0.500. The van der Waals surface area contributed by atoms with E-state index in [1.165, 1.54) is 32.6 Å². The van der Waals surface area contributed by atoms with Crippen LogP contribution in [0.1, 0.15) is 46.5 Å². The third-order valence-electron chi connectivity index (χ3n) is 0.957. The molecule has 0 aliphatic rings. The molecule has 0 aromatic rings. The van der Waals surface area contributed by atoms with Crippen LogP contribution < -0.4 is 0 Å². The maximum atomic E-state index is 5.06. The minimum Gasteiger partial charge on any atom is -0.0840 e. The van der Waals surface area contributed by atoms with Crippen LogP contribution in [0.5, 0.6) is 0 Å². The standard InChI is InChI=1S/C6H14.C2H3Cl3/c1-3-5-6-4-2;1-2(3,4)5/h3-6H2,1-2H3;1H3. The van der Waals surface area contributed by atoms with E-state index in [4.69, 9.17) is 34.8 Å². The highest BCUT2D eigenvalue weighted by Crippen LogP contribution is 2.23. The molecule has 3 heteroatoms. The van der Waals surface area contributed by atoms with Crippen LogP contribution in [0.2, 0.25) is 0 Å². The number of hydrogen-bond donors (Lipinski definition) is 0. The van der Waals surface area contributed by atoms with E-state index in [1.54, 1.807) is 0 Å². The average Bonchev–Trinajstić information content (AvgIpc) is 1.79. The molecule has 0 bridgehead atoms. The summed E-state index contributed by atoms with van der Waals surface area (Å²) in [5.41, 5.74) is 0.